The fourth-order valence-electron chi connectivity index (χ4n) is 2.21. The molecule has 4 nitrogen and oxygen atoms in total. The average molecular weight is 238 g/mol. The molecule has 96 valence electrons. The molecule has 0 unspecified atom stereocenters. The predicted molar refractivity (Wildman–Crippen MR) is 65.3 cm³/mol. The maximum Gasteiger partial charge on any atom is 0.407 e. The van der Waals surface area contributed by atoms with Gasteiger partial charge in [0, 0.05) is 12.5 Å². The minimum Gasteiger partial charge on any atom is -0.444 e. The third-order valence-electron chi connectivity index (χ3n) is 2.88. The van der Waals surface area contributed by atoms with E-state index in [4.69, 9.17) is 10.00 Å². The first-order valence-electron chi connectivity index (χ1n) is 6.27. The van der Waals surface area contributed by atoms with Gasteiger partial charge in [-0.15, -0.1) is 0 Å². The van der Waals surface area contributed by atoms with Crippen molar-refractivity contribution >= 4 is 6.09 Å². The Balaban J connectivity index is 2.36. The van der Waals surface area contributed by atoms with Crippen molar-refractivity contribution in [2.45, 2.75) is 64.5 Å². The van der Waals surface area contributed by atoms with E-state index in [1.807, 2.05) is 20.8 Å². The Labute approximate surface area is 103 Å². The second-order valence-corrected chi connectivity index (χ2v) is 5.74. The molecule has 1 N–H and O–H groups in total. The number of hydrogen-bond donors (Lipinski definition) is 1. The molecule has 1 amide bonds. The summed E-state index contributed by atoms with van der Waals surface area (Å²) in [6.45, 7) is 5.56. The molecule has 2 atom stereocenters. The summed E-state index contributed by atoms with van der Waals surface area (Å²) >= 11 is 0. The molecule has 17 heavy (non-hydrogen) atoms. The smallest absolute Gasteiger partial charge is 0.407 e. The fraction of sp³-hybridized carbons (Fsp3) is 0.846. The summed E-state index contributed by atoms with van der Waals surface area (Å²) in [5.41, 5.74) is -0.454. The normalized spacial score (nSPS) is 24.8. The van der Waals surface area contributed by atoms with E-state index in [9.17, 15) is 4.79 Å². The van der Waals surface area contributed by atoms with Gasteiger partial charge in [0.1, 0.15) is 5.60 Å². The summed E-state index contributed by atoms with van der Waals surface area (Å²) in [6, 6.07) is 2.37. The first-order valence-corrected chi connectivity index (χ1v) is 6.27. The summed E-state index contributed by atoms with van der Waals surface area (Å²) in [6.07, 6.45) is 4.30. The zero-order valence-electron chi connectivity index (χ0n) is 11.0. The van der Waals surface area contributed by atoms with Crippen LogP contribution in [0.15, 0.2) is 0 Å². The highest BCUT2D eigenvalue weighted by atomic mass is 16.6. The molecule has 0 heterocycles. The molecular weight excluding hydrogens is 216 g/mol. The van der Waals surface area contributed by atoms with Gasteiger partial charge in [0.05, 0.1) is 6.07 Å². The lowest BCUT2D eigenvalue weighted by Gasteiger charge is -2.29. The number of nitrogens with one attached hydrogen (secondary N) is 1. The molecule has 1 aliphatic carbocycles. The van der Waals surface area contributed by atoms with Crippen LogP contribution < -0.4 is 5.32 Å². The van der Waals surface area contributed by atoms with E-state index in [1.54, 1.807) is 0 Å². The lowest BCUT2D eigenvalue weighted by Crippen LogP contribution is -2.41. The number of carbonyl (C=O) groups is 1. The molecule has 1 rings (SSSR count). The quantitative estimate of drug-likeness (QED) is 0.804. The van der Waals surface area contributed by atoms with Crippen LogP contribution in [0.5, 0.6) is 0 Å². The van der Waals surface area contributed by atoms with Gasteiger partial charge in [-0.2, -0.15) is 5.26 Å². The van der Waals surface area contributed by atoms with Crippen LogP contribution in [0.25, 0.3) is 0 Å². The maximum atomic E-state index is 11.6. The van der Waals surface area contributed by atoms with Crippen molar-refractivity contribution in [3.05, 3.63) is 0 Å². The Kier molecular flexibility index (Phi) is 4.80. The van der Waals surface area contributed by atoms with Gasteiger partial charge in [-0.1, -0.05) is 6.42 Å². The monoisotopic (exact) mass is 238 g/mol. The largest absolute Gasteiger partial charge is 0.444 e. The molecule has 0 aromatic rings. The van der Waals surface area contributed by atoms with Crippen molar-refractivity contribution in [1.29, 1.82) is 5.26 Å². The van der Waals surface area contributed by atoms with Crippen molar-refractivity contribution < 1.29 is 9.53 Å². The topological polar surface area (TPSA) is 62.1 Å². The Morgan fingerprint density at radius 3 is 2.76 bits per heavy atom. The fourth-order valence-corrected chi connectivity index (χ4v) is 2.21. The molecule has 0 aromatic carbocycles. The molecule has 1 fully saturated rings. The highest BCUT2D eigenvalue weighted by Crippen LogP contribution is 2.26. The minimum absolute atomic E-state index is 0.164. The molecule has 0 spiro atoms. The second kappa shape index (κ2) is 5.90. The highest BCUT2D eigenvalue weighted by molar-refractivity contribution is 5.68. The van der Waals surface area contributed by atoms with E-state index in [2.05, 4.69) is 11.4 Å². The summed E-state index contributed by atoms with van der Waals surface area (Å²) in [7, 11) is 0. The molecule has 0 radical (unpaired) electrons. The summed E-state index contributed by atoms with van der Waals surface area (Å²) in [5, 5.41) is 11.6. The van der Waals surface area contributed by atoms with Gasteiger partial charge in [0.2, 0.25) is 0 Å². The van der Waals surface area contributed by atoms with Gasteiger partial charge in [-0.3, -0.25) is 0 Å². The Morgan fingerprint density at radius 2 is 2.18 bits per heavy atom. The Hall–Kier alpha value is -1.24. The first kappa shape index (κ1) is 13.8. The number of amides is 1. The van der Waals surface area contributed by atoms with Gasteiger partial charge in [0.25, 0.3) is 0 Å². The van der Waals surface area contributed by atoms with E-state index in [1.165, 1.54) is 0 Å². The van der Waals surface area contributed by atoms with E-state index in [0.717, 1.165) is 25.7 Å². The maximum absolute atomic E-state index is 11.6. The van der Waals surface area contributed by atoms with Crippen molar-refractivity contribution in [3.63, 3.8) is 0 Å². The van der Waals surface area contributed by atoms with Crippen LogP contribution in [0.2, 0.25) is 0 Å². The number of hydrogen-bond acceptors (Lipinski definition) is 3. The van der Waals surface area contributed by atoms with Gasteiger partial charge in [-0.25, -0.2) is 4.79 Å². The zero-order chi connectivity index (χ0) is 12.9. The number of carbonyl (C=O) groups excluding carboxylic acids is 1. The lowest BCUT2D eigenvalue weighted by atomic mass is 9.84. The van der Waals surface area contributed by atoms with Crippen LogP contribution in [0, 0.1) is 17.2 Å². The third kappa shape index (κ3) is 5.58. The van der Waals surface area contributed by atoms with Crippen LogP contribution in [0.3, 0.4) is 0 Å². The molecule has 4 heteroatoms. The molecule has 0 aliphatic heterocycles. The summed E-state index contributed by atoms with van der Waals surface area (Å²) < 4.78 is 5.22. The van der Waals surface area contributed by atoms with Gasteiger partial charge in [-0.05, 0) is 46.0 Å². The SMILES string of the molecule is CC(C)(C)OC(=O)N[C@@H]1CCC[C@H](CC#N)C1. The van der Waals surface area contributed by atoms with E-state index >= 15 is 0 Å². The van der Waals surface area contributed by atoms with Crippen LogP contribution >= 0.6 is 0 Å². The zero-order valence-corrected chi connectivity index (χ0v) is 11.0. The average Bonchev–Trinajstić information content (AvgIpc) is 2.15. The molecule has 1 saturated carbocycles. The van der Waals surface area contributed by atoms with Crippen LogP contribution in [-0.2, 0) is 4.74 Å². The van der Waals surface area contributed by atoms with Gasteiger partial charge >= 0.3 is 6.09 Å². The Bertz CT molecular complexity index is 302. The number of nitriles is 1. The molecule has 1 aliphatic rings. The van der Waals surface area contributed by atoms with E-state index in [0.29, 0.717) is 12.3 Å². The van der Waals surface area contributed by atoms with Gasteiger partial charge < -0.3 is 10.1 Å². The number of rotatable bonds is 2. The van der Waals surface area contributed by atoms with Crippen LogP contribution in [0.1, 0.15) is 52.9 Å². The number of alkyl carbamates (subject to hydrolysis) is 1. The molecule has 0 saturated heterocycles. The molecule has 0 bridgehead atoms. The standard InChI is InChI=1S/C13H22N2O2/c1-13(2,3)17-12(16)15-11-6-4-5-10(9-11)7-8-14/h10-11H,4-7,9H2,1-3H3,(H,15,16)/t10-,11-/m1/s1. The van der Waals surface area contributed by atoms with Crippen molar-refractivity contribution in [3.8, 4) is 6.07 Å². The van der Waals surface area contributed by atoms with Crippen molar-refractivity contribution in [2.24, 2.45) is 5.92 Å². The third-order valence-corrected chi connectivity index (χ3v) is 2.88. The molecular formula is C13H22N2O2. The number of nitrogens with zero attached hydrogens (tertiary/aromatic N) is 1. The molecule has 0 aromatic heterocycles. The van der Waals surface area contributed by atoms with Crippen molar-refractivity contribution in [2.75, 3.05) is 0 Å². The van der Waals surface area contributed by atoms with Gasteiger partial charge in [0.15, 0.2) is 0 Å². The minimum atomic E-state index is -0.454. The summed E-state index contributed by atoms with van der Waals surface area (Å²) in [4.78, 5) is 11.6. The van der Waals surface area contributed by atoms with Crippen LogP contribution in [-0.4, -0.2) is 17.7 Å². The predicted octanol–water partition coefficient (Wildman–Crippen LogP) is 2.98. The number of ether oxygens (including phenoxy) is 1. The highest BCUT2D eigenvalue weighted by Gasteiger charge is 2.25. The van der Waals surface area contributed by atoms with E-state index in [-0.39, 0.29) is 12.1 Å². The second-order valence-electron chi connectivity index (χ2n) is 5.74. The van der Waals surface area contributed by atoms with Crippen molar-refractivity contribution in [1.82, 2.24) is 5.32 Å². The summed E-state index contributed by atoms with van der Waals surface area (Å²) in [5.74, 6) is 0.425. The van der Waals surface area contributed by atoms with Crippen LogP contribution in [0.4, 0.5) is 4.79 Å². The first-order chi connectivity index (χ1) is 7.90. The lowest BCUT2D eigenvalue weighted by molar-refractivity contribution is 0.0485. The Morgan fingerprint density at radius 1 is 1.47 bits per heavy atom. The van der Waals surface area contributed by atoms with E-state index < -0.39 is 5.60 Å².